The van der Waals surface area contributed by atoms with Crippen molar-refractivity contribution in [3.8, 4) is 0 Å². The van der Waals surface area contributed by atoms with Gasteiger partial charge in [0.25, 0.3) is 0 Å². The van der Waals surface area contributed by atoms with Gasteiger partial charge in [0, 0.05) is 6.04 Å². The van der Waals surface area contributed by atoms with E-state index in [2.05, 4.69) is 5.32 Å². The summed E-state index contributed by atoms with van der Waals surface area (Å²) in [5.41, 5.74) is -0.750. The molecule has 0 spiro atoms. The summed E-state index contributed by atoms with van der Waals surface area (Å²) >= 11 is 0. The minimum atomic E-state index is -0.750. The van der Waals surface area contributed by atoms with Crippen molar-refractivity contribution in [2.24, 2.45) is 0 Å². The van der Waals surface area contributed by atoms with Crippen molar-refractivity contribution >= 4 is 11.8 Å². The zero-order chi connectivity index (χ0) is 13.3. The molecule has 4 heteroatoms. The fraction of sp³-hybridized carbons (Fsp3) is 0.857. The highest BCUT2D eigenvalue weighted by molar-refractivity contribution is 5.99. The lowest BCUT2D eigenvalue weighted by molar-refractivity contribution is -0.157. The van der Waals surface area contributed by atoms with Gasteiger partial charge in [-0.15, -0.1) is 0 Å². The van der Waals surface area contributed by atoms with E-state index < -0.39 is 5.54 Å². The van der Waals surface area contributed by atoms with E-state index in [1.807, 2.05) is 11.8 Å². The topological polar surface area (TPSA) is 49.4 Å². The molecule has 1 aliphatic carbocycles. The van der Waals surface area contributed by atoms with Crippen molar-refractivity contribution in [1.29, 1.82) is 0 Å². The summed E-state index contributed by atoms with van der Waals surface area (Å²) in [6.45, 7) is 5.58. The first-order valence-corrected chi connectivity index (χ1v) is 7.12. The molecule has 1 unspecified atom stereocenters. The average Bonchev–Trinajstić information content (AvgIpc) is 2.34. The smallest absolute Gasteiger partial charge is 0.248 e. The number of carbonyl (C=O) groups excluding carboxylic acids is 2. The highest BCUT2D eigenvalue weighted by Gasteiger charge is 2.47. The number of rotatable bonds is 2. The summed E-state index contributed by atoms with van der Waals surface area (Å²) in [7, 11) is 0. The lowest BCUT2D eigenvalue weighted by Gasteiger charge is -2.47. The van der Waals surface area contributed by atoms with Crippen LogP contribution in [0.25, 0.3) is 0 Å². The molecule has 0 aromatic carbocycles. The van der Waals surface area contributed by atoms with E-state index in [1.54, 1.807) is 13.8 Å². The third-order valence-corrected chi connectivity index (χ3v) is 4.20. The molecular formula is C14H24N2O2. The Bertz CT molecular complexity index is 346. The van der Waals surface area contributed by atoms with Gasteiger partial charge < -0.3 is 10.2 Å². The zero-order valence-corrected chi connectivity index (χ0v) is 11.7. The predicted octanol–water partition coefficient (Wildman–Crippen LogP) is 1.83. The van der Waals surface area contributed by atoms with Crippen LogP contribution in [0.15, 0.2) is 0 Å². The molecule has 0 aromatic heterocycles. The molecule has 0 bridgehead atoms. The van der Waals surface area contributed by atoms with Crippen molar-refractivity contribution < 1.29 is 9.59 Å². The van der Waals surface area contributed by atoms with Crippen LogP contribution in [0, 0.1) is 0 Å². The van der Waals surface area contributed by atoms with E-state index in [4.69, 9.17) is 0 Å². The first kappa shape index (κ1) is 13.4. The molecule has 1 saturated carbocycles. The molecule has 4 nitrogen and oxygen atoms in total. The largest absolute Gasteiger partial charge is 0.340 e. The molecule has 2 rings (SSSR count). The summed E-state index contributed by atoms with van der Waals surface area (Å²) in [6.07, 6.45) is 6.39. The Labute approximate surface area is 109 Å². The summed E-state index contributed by atoms with van der Waals surface area (Å²) < 4.78 is 0. The van der Waals surface area contributed by atoms with Gasteiger partial charge in [0.1, 0.15) is 11.6 Å². The fourth-order valence-electron chi connectivity index (χ4n) is 3.20. The highest BCUT2D eigenvalue weighted by atomic mass is 16.2. The van der Waals surface area contributed by atoms with Crippen LogP contribution >= 0.6 is 0 Å². The molecule has 1 atom stereocenters. The van der Waals surface area contributed by atoms with Gasteiger partial charge in [0.05, 0.1) is 0 Å². The third-order valence-electron chi connectivity index (χ3n) is 4.20. The van der Waals surface area contributed by atoms with Crippen LogP contribution in [0.3, 0.4) is 0 Å². The minimum absolute atomic E-state index is 0.00711. The zero-order valence-electron chi connectivity index (χ0n) is 11.7. The van der Waals surface area contributed by atoms with Gasteiger partial charge in [-0.05, 0) is 33.1 Å². The van der Waals surface area contributed by atoms with E-state index in [0.29, 0.717) is 6.42 Å². The number of hydrogen-bond acceptors (Lipinski definition) is 2. The van der Waals surface area contributed by atoms with Gasteiger partial charge in [-0.3, -0.25) is 9.59 Å². The number of piperazine rings is 1. The van der Waals surface area contributed by atoms with Gasteiger partial charge in [0.2, 0.25) is 11.8 Å². The molecule has 1 aliphatic heterocycles. The maximum atomic E-state index is 12.6. The van der Waals surface area contributed by atoms with Gasteiger partial charge in [-0.1, -0.05) is 26.2 Å². The van der Waals surface area contributed by atoms with Gasteiger partial charge >= 0.3 is 0 Å². The number of nitrogens with one attached hydrogen (secondary N) is 1. The van der Waals surface area contributed by atoms with Crippen molar-refractivity contribution in [1.82, 2.24) is 10.2 Å². The van der Waals surface area contributed by atoms with E-state index >= 15 is 0 Å². The predicted molar refractivity (Wildman–Crippen MR) is 70.0 cm³/mol. The Morgan fingerprint density at radius 3 is 2.39 bits per heavy atom. The Balaban J connectivity index is 2.25. The normalized spacial score (nSPS) is 29.3. The molecule has 2 amide bonds. The van der Waals surface area contributed by atoms with Crippen LogP contribution < -0.4 is 5.32 Å². The van der Waals surface area contributed by atoms with Crippen molar-refractivity contribution in [2.75, 3.05) is 0 Å². The molecule has 18 heavy (non-hydrogen) atoms. The fourth-order valence-corrected chi connectivity index (χ4v) is 3.20. The van der Waals surface area contributed by atoms with Crippen LogP contribution in [0.2, 0.25) is 0 Å². The average molecular weight is 252 g/mol. The van der Waals surface area contributed by atoms with E-state index in [-0.39, 0.29) is 23.9 Å². The molecule has 2 aliphatic rings. The highest BCUT2D eigenvalue weighted by Crippen LogP contribution is 2.29. The lowest BCUT2D eigenvalue weighted by Crippen LogP contribution is -2.70. The quantitative estimate of drug-likeness (QED) is 0.815. The standard InChI is InChI=1S/C14H24N2O2/c1-4-11-12(17)15-14(2,3)13(18)16(11)10-8-6-5-7-9-10/h10-11H,4-9H2,1-3H3,(H,15,17). The Kier molecular flexibility index (Phi) is 3.64. The number of amides is 2. The maximum absolute atomic E-state index is 12.6. The lowest BCUT2D eigenvalue weighted by atomic mass is 9.88. The number of nitrogens with zero attached hydrogens (tertiary/aromatic N) is 1. The monoisotopic (exact) mass is 252 g/mol. The minimum Gasteiger partial charge on any atom is -0.340 e. The van der Waals surface area contributed by atoms with Gasteiger partial charge in [-0.25, -0.2) is 0 Å². The maximum Gasteiger partial charge on any atom is 0.248 e. The Morgan fingerprint density at radius 1 is 1.22 bits per heavy atom. The number of carbonyl (C=O) groups is 2. The molecule has 1 N–H and O–H groups in total. The molecule has 1 heterocycles. The second kappa shape index (κ2) is 4.90. The molecule has 2 fully saturated rings. The van der Waals surface area contributed by atoms with Crippen LogP contribution in [0.1, 0.15) is 59.3 Å². The van der Waals surface area contributed by atoms with Crippen molar-refractivity contribution in [3.63, 3.8) is 0 Å². The molecule has 0 aromatic rings. The molecular weight excluding hydrogens is 228 g/mol. The van der Waals surface area contributed by atoms with Gasteiger partial charge in [0.15, 0.2) is 0 Å². The summed E-state index contributed by atoms with van der Waals surface area (Å²) in [6, 6.07) is -0.00449. The van der Waals surface area contributed by atoms with Crippen LogP contribution in [0.4, 0.5) is 0 Å². The Morgan fingerprint density at radius 2 is 1.83 bits per heavy atom. The molecule has 1 saturated heterocycles. The van der Waals surface area contributed by atoms with E-state index in [1.165, 1.54) is 19.3 Å². The van der Waals surface area contributed by atoms with E-state index in [0.717, 1.165) is 12.8 Å². The second-order valence-corrected chi connectivity index (χ2v) is 6.04. The van der Waals surface area contributed by atoms with Crippen LogP contribution in [0.5, 0.6) is 0 Å². The first-order chi connectivity index (χ1) is 8.47. The SMILES string of the molecule is CCC1C(=O)NC(C)(C)C(=O)N1C1CCCCC1. The van der Waals surface area contributed by atoms with Crippen molar-refractivity contribution in [3.05, 3.63) is 0 Å². The first-order valence-electron chi connectivity index (χ1n) is 7.12. The second-order valence-electron chi connectivity index (χ2n) is 6.04. The van der Waals surface area contributed by atoms with Gasteiger partial charge in [-0.2, -0.15) is 0 Å². The molecule has 0 radical (unpaired) electrons. The van der Waals surface area contributed by atoms with Crippen molar-refractivity contribution in [2.45, 2.75) is 76.9 Å². The summed E-state index contributed by atoms with van der Waals surface area (Å²) in [5, 5.41) is 2.85. The van der Waals surface area contributed by atoms with Crippen LogP contribution in [-0.4, -0.2) is 34.3 Å². The number of hydrogen-bond donors (Lipinski definition) is 1. The summed E-state index contributed by atoms with van der Waals surface area (Å²) in [4.78, 5) is 26.6. The van der Waals surface area contributed by atoms with E-state index in [9.17, 15) is 9.59 Å². The molecule has 102 valence electrons. The Hall–Kier alpha value is -1.06. The van der Waals surface area contributed by atoms with Crippen LogP contribution in [-0.2, 0) is 9.59 Å². The third kappa shape index (κ3) is 2.25. The summed E-state index contributed by atoms with van der Waals surface area (Å²) in [5.74, 6) is 0.0912.